The lowest BCUT2D eigenvalue weighted by Gasteiger charge is -2.30. The predicted molar refractivity (Wildman–Crippen MR) is 81.1 cm³/mol. The van der Waals surface area contributed by atoms with Crippen molar-refractivity contribution in [1.82, 2.24) is 9.80 Å². The Kier molecular flexibility index (Phi) is 5.40. The van der Waals surface area contributed by atoms with Crippen molar-refractivity contribution in [3.63, 3.8) is 0 Å². The highest BCUT2D eigenvalue weighted by molar-refractivity contribution is 5.35. The van der Waals surface area contributed by atoms with E-state index >= 15 is 0 Å². The van der Waals surface area contributed by atoms with Gasteiger partial charge in [-0.25, -0.2) is 0 Å². The second-order valence-electron chi connectivity index (χ2n) is 5.72. The van der Waals surface area contributed by atoms with Gasteiger partial charge in [0.25, 0.3) is 0 Å². The molecule has 0 amide bonds. The Balaban J connectivity index is 2.04. The molecule has 2 atom stereocenters. The van der Waals surface area contributed by atoms with Crippen LogP contribution in [0.4, 0.5) is 0 Å². The molecule has 1 N–H and O–H groups in total. The molecule has 2 rings (SSSR count). The molecule has 112 valence electrons. The fraction of sp³-hybridized carbons (Fsp3) is 0.625. The number of likely N-dealkylation sites (N-methyl/N-ethyl adjacent to an activating group) is 1. The van der Waals surface area contributed by atoms with Crippen molar-refractivity contribution in [3.8, 4) is 5.75 Å². The summed E-state index contributed by atoms with van der Waals surface area (Å²) in [7, 11) is 3.81. The third kappa shape index (κ3) is 3.72. The third-order valence-electron chi connectivity index (χ3n) is 4.09. The van der Waals surface area contributed by atoms with E-state index in [0.717, 1.165) is 37.4 Å². The second-order valence-corrected chi connectivity index (χ2v) is 5.72. The van der Waals surface area contributed by atoms with Gasteiger partial charge in [-0.3, -0.25) is 4.90 Å². The Hall–Kier alpha value is -1.10. The standard InChI is InChI=1S/C16H26N2O2/c1-13-11-17(2)9-6-10-18(13)12-15(19)14-7-4-5-8-16(14)20-3/h4-5,7-8,13,15,19H,6,9-12H2,1-3H3. The molecule has 0 spiro atoms. The highest BCUT2D eigenvalue weighted by Gasteiger charge is 2.23. The quantitative estimate of drug-likeness (QED) is 0.910. The van der Waals surface area contributed by atoms with Crippen molar-refractivity contribution >= 4 is 0 Å². The van der Waals surface area contributed by atoms with E-state index in [9.17, 15) is 5.11 Å². The molecule has 0 bridgehead atoms. The Morgan fingerprint density at radius 1 is 1.35 bits per heavy atom. The minimum Gasteiger partial charge on any atom is -0.496 e. The van der Waals surface area contributed by atoms with Crippen LogP contribution in [0, 0.1) is 0 Å². The lowest BCUT2D eigenvalue weighted by molar-refractivity contribution is 0.0902. The fourth-order valence-corrected chi connectivity index (χ4v) is 2.96. The van der Waals surface area contributed by atoms with Crippen LogP contribution in [0.2, 0.25) is 0 Å². The molecule has 1 saturated heterocycles. The molecule has 0 aromatic heterocycles. The normalized spacial score (nSPS) is 23.3. The number of nitrogens with zero attached hydrogens (tertiary/aromatic N) is 2. The molecule has 1 aromatic rings. The van der Waals surface area contributed by atoms with Gasteiger partial charge >= 0.3 is 0 Å². The van der Waals surface area contributed by atoms with Gasteiger partial charge in [0, 0.05) is 24.7 Å². The lowest BCUT2D eigenvalue weighted by Crippen LogP contribution is -2.40. The maximum atomic E-state index is 10.5. The third-order valence-corrected chi connectivity index (χ3v) is 4.09. The van der Waals surface area contributed by atoms with E-state index in [4.69, 9.17) is 4.74 Å². The van der Waals surface area contributed by atoms with Crippen molar-refractivity contribution in [1.29, 1.82) is 0 Å². The first-order chi connectivity index (χ1) is 9.61. The Bertz CT molecular complexity index is 425. The van der Waals surface area contributed by atoms with Gasteiger partial charge in [0.15, 0.2) is 0 Å². The summed E-state index contributed by atoms with van der Waals surface area (Å²) >= 11 is 0. The van der Waals surface area contributed by atoms with Crippen LogP contribution in [0.15, 0.2) is 24.3 Å². The molecular formula is C16H26N2O2. The van der Waals surface area contributed by atoms with E-state index in [1.54, 1.807) is 7.11 Å². The van der Waals surface area contributed by atoms with E-state index in [1.165, 1.54) is 0 Å². The molecular weight excluding hydrogens is 252 g/mol. The van der Waals surface area contributed by atoms with Gasteiger partial charge in [-0.2, -0.15) is 0 Å². The van der Waals surface area contributed by atoms with E-state index in [2.05, 4.69) is 23.8 Å². The molecule has 1 aliphatic heterocycles. The van der Waals surface area contributed by atoms with Gasteiger partial charge in [0.2, 0.25) is 0 Å². The van der Waals surface area contributed by atoms with Crippen molar-refractivity contribution < 1.29 is 9.84 Å². The SMILES string of the molecule is COc1ccccc1C(O)CN1CCCN(C)CC1C. The smallest absolute Gasteiger partial charge is 0.124 e. The highest BCUT2D eigenvalue weighted by atomic mass is 16.5. The molecule has 1 heterocycles. The summed E-state index contributed by atoms with van der Waals surface area (Å²) in [6.45, 7) is 6.12. The van der Waals surface area contributed by atoms with Gasteiger partial charge < -0.3 is 14.7 Å². The van der Waals surface area contributed by atoms with Crippen LogP contribution in [0.25, 0.3) is 0 Å². The predicted octanol–water partition coefficient (Wildman–Crippen LogP) is 1.75. The molecule has 0 saturated carbocycles. The number of hydrogen-bond donors (Lipinski definition) is 1. The zero-order valence-corrected chi connectivity index (χ0v) is 12.7. The van der Waals surface area contributed by atoms with Crippen LogP contribution in [0.1, 0.15) is 25.0 Å². The van der Waals surface area contributed by atoms with E-state index in [0.29, 0.717) is 12.6 Å². The largest absolute Gasteiger partial charge is 0.496 e. The Morgan fingerprint density at radius 3 is 2.85 bits per heavy atom. The summed E-state index contributed by atoms with van der Waals surface area (Å²) < 4.78 is 5.34. The first-order valence-electron chi connectivity index (χ1n) is 7.35. The van der Waals surface area contributed by atoms with Crippen LogP contribution in [0.3, 0.4) is 0 Å². The summed E-state index contributed by atoms with van der Waals surface area (Å²) in [5.41, 5.74) is 0.875. The molecule has 20 heavy (non-hydrogen) atoms. The average Bonchev–Trinajstić information content (AvgIpc) is 2.60. The Labute approximate surface area is 122 Å². The number of para-hydroxylation sites is 1. The molecule has 2 unspecified atom stereocenters. The number of hydrogen-bond acceptors (Lipinski definition) is 4. The van der Waals surface area contributed by atoms with Crippen molar-refractivity contribution in [2.75, 3.05) is 40.3 Å². The van der Waals surface area contributed by atoms with Crippen molar-refractivity contribution in [2.45, 2.75) is 25.5 Å². The number of methoxy groups -OCH3 is 1. The van der Waals surface area contributed by atoms with Gasteiger partial charge in [0.05, 0.1) is 13.2 Å². The lowest BCUT2D eigenvalue weighted by atomic mass is 10.1. The van der Waals surface area contributed by atoms with Gasteiger partial charge in [-0.05, 0) is 39.5 Å². The zero-order valence-electron chi connectivity index (χ0n) is 12.7. The van der Waals surface area contributed by atoms with Crippen molar-refractivity contribution in [2.24, 2.45) is 0 Å². The minimum atomic E-state index is -0.503. The van der Waals surface area contributed by atoms with E-state index in [-0.39, 0.29) is 0 Å². The van der Waals surface area contributed by atoms with Gasteiger partial charge in [-0.1, -0.05) is 18.2 Å². The first-order valence-corrected chi connectivity index (χ1v) is 7.35. The number of rotatable bonds is 4. The summed E-state index contributed by atoms with van der Waals surface area (Å²) in [5.74, 6) is 0.764. The van der Waals surface area contributed by atoms with Gasteiger partial charge in [0.1, 0.15) is 5.75 Å². The Morgan fingerprint density at radius 2 is 2.10 bits per heavy atom. The maximum absolute atomic E-state index is 10.5. The maximum Gasteiger partial charge on any atom is 0.124 e. The molecule has 1 fully saturated rings. The average molecular weight is 278 g/mol. The molecule has 1 aromatic carbocycles. The van der Waals surface area contributed by atoms with E-state index in [1.807, 2.05) is 24.3 Å². The van der Waals surface area contributed by atoms with Crippen LogP contribution in [-0.2, 0) is 0 Å². The monoisotopic (exact) mass is 278 g/mol. The van der Waals surface area contributed by atoms with Crippen LogP contribution in [0.5, 0.6) is 5.75 Å². The van der Waals surface area contributed by atoms with Crippen LogP contribution in [-0.4, -0.2) is 61.3 Å². The summed E-state index contributed by atoms with van der Waals surface area (Å²) in [4.78, 5) is 4.74. The molecule has 4 heteroatoms. The number of aliphatic hydroxyl groups is 1. The second kappa shape index (κ2) is 7.07. The van der Waals surface area contributed by atoms with Crippen LogP contribution >= 0.6 is 0 Å². The number of aliphatic hydroxyl groups excluding tert-OH is 1. The van der Waals surface area contributed by atoms with Crippen LogP contribution < -0.4 is 4.74 Å². The number of ether oxygens (including phenoxy) is 1. The summed E-state index contributed by atoms with van der Waals surface area (Å²) in [6.07, 6.45) is 0.649. The fourth-order valence-electron chi connectivity index (χ4n) is 2.96. The highest BCUT2D eigenvalue weighted by Crippen LogP contribution is 2.26. The van der Waals surface area contributed by atoms with Gasteiger partial charge in [-0.15, -0.1) is 0 Å². The summed E-state index contributed by atoms with van der Waals surface area (Å²) in [6, 6.07) is 8.18. The molecule has 0 aliphatic carbocycles. The van der Waals surface area contributed by atoms with Crippen molar-refractivity contribution in [3.05, 3.63) is 29.8 Å². The molecule has 4 nitrogen and oxygen atoms in total. The summed E-state index contributed by atoms with van der Waals surface area (Å²) in [5, 5.41) is 10.5. The molecule has 0 radical (unpaired) electrons. The number of β-amino-alcohol motifs (C(OH)–C–C–N with tert-alkyl or cyclic N) is 1. The minimum absolute atomic E-state index is 0.465. The zero-order chi connectivity index (χ0) is 14.5. The molecule has 1 aliphatic rings. The number of benzene rings is 1. The topological polar surface area (TPSA) is 35.9 Å². The first kappa shape index (κ1) is 15.3. The van der Waals surface area contributed by atoms with E-state index < -0.39 is 6.10 Å².